The smallest absolute Gasteiger partial charge is 0.337 e. The van der Waals surface area contributed by atoms with Gasteiger partial charge in [0, 0.05) is 12.2 Å². The average Bonchev–Trinajstić information content (AvgIpc) is 2.43. The summed E-state index contributed by atoms with van der Waals surface area (Å²) in [4.78, 5) is 10.9. The second kappa shape index (κ2) is 6.05. The third-order valence-corrected chi connectivity index (χ3v) is 3.07. The molecule has 0 fully saturated rings. The van der Waals surface area contributed by atoms with Crippen molar-refractivity contribution in [3.63, 3.8) is 0 Å². The number of aromatic carboxylic acids is 1. The van der Waals surface area contributed by atoms with Crippen molar-refractivity contribution in [3.05, 3.63) is 63.9 Å². The minimum absolute atomic E-state index is 0.00515. The molecule has 0 unspecified atom stereocenters. The fourth-order valence-electron chi connectivity index (χ4n) is 1.71. The van der Waals surface area contributed by atoms with Crippen LogP contribution in [0.1, 0.15) is 15.9 Å². The molecule has 0 heterocycles. The molecule has 2 N–H and O–H groups in total. The van der Waals surface area contributed by atoms with Crippen molar-refractivity contribution in [3.8, 4) is 0 Å². The number of halogens is 4. The van der Waals surface area contributed by atoms with E-state index in [9.17, 15) is 18.0 Å². The molecular formula is C14H9ClF3NO2. The van der Waals surface area contributed by atoms with Crippen LogP contribution in [0.3, 0.4) is 0 Å². The summed E-state index contributed by atoms with van der Waals surface area (Å²) in [6, 6.07) is 5.92. The Kier molecular flexibility index (Phi) is 4.37. The van der Waals surface area contributed by atoms with Crippen LogP contribution in [0.4, 0.5) is 18.9 Å². The van der Waals surface area contributed by atoms with E-state index in [1.165, 1.54) is 18.2 Å². The highest BCUT2D eigenvalue weighted by molar-refractivity contribution is 6.33. The Hall–Kier alpha value is -2.21. The summed E-state index contributed by atoms with van der Waals surface area (Å²) in [5, 5.41) is 11.8. The first-order valence-electron chi connectivity index (χ1n) is 5.78. The molecule has 7 heteroatoms. The van der Waals surface area contributed by atoms with Crippen LogP contribution in [0, 0.1) is 17.5 Å². The lowest BCUT2D eigenvalue weighted by Gasteiger charge is -2.09. The zero-order valence-electron chi connectivity index (χ0n) is 10.5. The number of anilines is 1. The van der Waals surface area contributed by atoms with Gasteiger partial charge in [-0.3, -0.25) is 0 Å². The molecule has 0 amide bonds. The van der Waals surface area contributed by atoms with E-state index in [1.54, 1.807) is 0 Å². The largest absolute Gasteiger partial charge is 0.478 e. The van der Waals surface area contributed by atoms with E-state index < -0.39 is 23.4 Å². The maximum atomic E-state index is 13.1. The Morgan fingerprint density at radius 2 is 1.76 bits per heavy atom. The normalized spacial score (nSPS) is 10.5. The number of nitrogens with one attached hydrogen (secondary N) is 1. The number of carbonyl (C=O) groups is 1. The first kappa shape index (κ1) is 15.2. The van der Waals surface area contributed by atoms with E-state index >= 15 is 0 Å². The summed E-state index contributed by atoms with van der Waals surface area (Å²) in [6.45, 7) is -0.00515. The standard InChI is InChI=1S/C14H9ClF3NO2/c15-10-2-1-8(5-9(10)14(20)21)19-6-7-3-11(16)13(18)12(17)4-7/h1-5,19H,6H2,(H,20,21). The van der Waals surface area contributed by atoms with Crippen molar-refractivity contribution >= 4 is 23.3 Å². The van der Waals surface area contributed by atoms with Crippen molar-refractivity contribution in [2.24, 2.45) is 0 Å². The van der Waals surface area contributed by atoms with Crippen LogP contribution in [-0.4, -0.2) is 11.1 Å². The van der Waals surface area contributed by atoms with Gasteiger partial charge in [-0.2, -0.15) is 0 Å². The molecule has 2 aromatic rings. The molecule has 3 nitrogen and oxygen atoms in total. The van der Waals surface area contributed by atoms with Crippen LogP contribution >= 0.6 is 11.6 Å². The molecule has 0 aliphatic carbocycles. The predicted octanol–water partition coefficient (Wildman–Crippen LogP) is 4.07. The van der Waals surface area contributed by atoms with E-state index in [-0.39, 0.29) is 22.7 Å². The molecule has 0 saturated heterocycles. The number of hydrogen-bond acceptors (Lipinski definition) is 2. The molecule has 0 atom stereocenters. The van der Waals surface area contributed by atoms with Crippen LogP contribution in [0.5, 0.6) is 0 Å². The molecule has 110 valence electrons. The van der Waals surface area contributed by atoms with Crippen LogP contribution in [0.2, 0.25) is 5.02 Å². The monoisotopic (exact) mass is 315 g/mol. The zero-order valence-corrected chi connectivity index (χ0v) is 11.2. The second-order valence-corrected chi connectivity index (χ2v) is 4.63. The summed E-state index contributed by atoms with van der Waals surface area (Å²) in [5.74, 6) is -5.29. The number of carboxylic acids is 1. The first-order valence-corrected chi connectivity index (χ1v) is 6.16. The van der Waals surface area contributed by atoms with E-state index in [2.05, 4.69) is 5.32 Å². The molecule has 0 aliphatic heterocycles. The SMILES string of the molecule is O=C(O)c1cc(NCc2cc(F)c(F)c(F)c2)ccc1Cl. The molecule has 0 bridgehead atoms. The highest BCUT2D eigenvalue weighted by Gasteiger charge is 2.11. The highest BCUT2D eigenvalue weighted by Crippen LogP contribution is 2.21. The summed E-state index contributed by atoms with van der Waals surface area (Å²) < 4.78 is 38.9. The van der Waals surface area contributed by atoms with Gasteiger partial charge in [0.15, 0.2) is 17.5 Å². The van der Waals surface area contributed by atoms with E-state index in [0.29, 0.717) is 5.69 Å². The lowest BCUT2D eigenvalue weighted by atomic mass is 10.1. The lowest BCUT2D eigenvalue weighted by Crippen LogP contribution is -2.04. The van der Waals surface area contributed by atoms with Crippen LogP contribution in [0.15, 0.2) is 30.3 Å². The first-order chi connectivity index (χ1) is 9.88. The Morgan fingerprint density at radius 1 is 1.14 bits per heavy atom. The summed E-state index contributed by atoms with van der Waals surface area (Å²) >= 11 is 5.72. The van der Waals surface area contributed by atoms with Gasteiger partial charge in [0.2, 0.25) is 0 Å². The lowest BCUT2D eigenvalue weighted by molar-refractivity contribution is 0.0697. The summed E-state index contributed by atoms with van der Waals surface area (Å²) in [7, 11) is 0. The minimum atomic E-state index is -1.53. The maximum absolute atomic E-state index is 13.1. The molecule has 2 rings (SSSR count). The van der Waals surface area contributed by atoms with Gasteiger partial charge in [0.25, 0.3) is 0 Å². The third kappa shape index (κ3) is 3.46. The van der Waals surface area contributed by atoms with Gasteiger partial charge in [0.1, 0.15) is 0 Å². The Balaban J connectivity index is 2.17. The second-order valence-electron chi connectivity index (χ2n) is 4.23. The number of carboxylic acid groups (broad SMARTS) is 1. The fraction of sp³-hybridized carbons (Fsp3) is 0.0714. The summed E-state index contributed by atoms with van der Waals surface area (Å²) in [5.41, 5.74) is 0.485. The van der Waals surface area contributed by atoms with Crippen molar-refractivity contribution in [1.82, 2.24) is 0 Å². The van der Waals surface area contributed by atoms with Gasteiger partial charge < -0.3 is 10.4 Å². The van der Waals surface area contributed by atoms with E-state index in [1.807, 2.05) is 0 Å². The van der Waals surface area contributed by atoms with Crippen molar-refractivity contribution < 1.29 is 23.1 Å². The average molecular weight is 316 g/mol. The van der Waals surface area contributed by atoms with Gasteiger partial charge in [0.05, 0.1) is 10.6 Å². The van der Waals surface area contributed by atoms with Gasteiger partial charge >= 0.3 is 5.97 Å². The molecule has 0 saturated carbocycles. The van der Waals surface area contributed by atoms with Crippen LogP contribution in [-0.2, 0) is 6.54 Å². The fourth-order valence-corrected chi connectivity index (χ4v) is 1.91. The molecule has 0 aliphatic rings. The maximum Gasteiger partial charge on any atom is 0.337 e. The molecule has 0 radical (unpaired) electrons. The van der Waals surface area contributed by atoms with Gasteiger partial charge in [-0.15, -0.1) is 0 Å². The zero-order chi connectivity index (χ0) is 15.6. The molecule has 0 aromatic heterocycles. The van der Waals surface area contributed by atoms with Crippen LogP contribution < -0.4 is 5.32 Å². The molecular weight excluding hydrogens is 307 g/mol. The topological polar surface area (TPSA) is 49.3 Å². The van der Waals surface area contributed by atoms with E-state index in [4.69, 9.17) is 16.7 Å². The Labute approximate surface area is 123 Å². The van der Waals surface area contributed by atoms with Gasteiger partial charge in [-0.05, 0) is 35.9 Å². The van der Waals surface area contributed by atoms with Gasteiger partial charge in [-0.25, -0.2) is 18.0 Å². The molecule has 21 heavy (non-hydrogen) atoms. The number of rotatable bonds is 4. The third-order valence-electron chi connectivity index (χ3n) is 2.74. The number of benzene rings is 2. The van der Waals surface area contributed by atoms with Crippen molar-refractivity contribution in [1.29, 1.82) is 0 Å². The predicted molar refractivity (Wildman–Crippen MR) is 72.1 cm³/mol. The number of hydrogen-bond donors (Lipinski definition) is 2. The Morgan fingerprint density at radius 3 is 2.33 bits per heavy atom. The van der Waals surface area contributed by atoms with E-state index in [0.717, 1.165) is 12.1 Å². The summed E-state index contributed by atoms with van der Waals surface area (Å²) in [6.07, 6.45) is 0. The quantitative estimate of drug-likeness (QED) is 0.836. The minimum Gasteiger partial charge on any atom is -0.478 e. The molecule has 2 aromatic carbocycles. The Bertz CT molecular complexity index is 684. The van der Waals surface area contributed by atoms with Gasteiger partial charge in [-0.1, -0.05) is 11.6 Å². The van der Waals surface area contributed by atoms with Crippen LogP contribution in [0.25, 0.3) is 0 Å². The highest BCUT2D eigenvalue weighted by atomic mass is 35.5. The van der Waals surface area contributed by atoms with Crippen molar-refractivity contribution in [2.75, 3.05) is 5.32 Å². The molecule has 0 spiro atoms. The van der Waals surface area contributed by atoms with Crippen molar-refractivity contribution in [2.45, 2.75) is 6.54 Å².